The van der Waals surface area contributed by atoms with Crippen molar-refractivity contribution in [3.63, 3.8) is 0 Å². The molecule has 0 atom stereocenters. The molecule has 3 aliphatic heterocycles. The Morgan fingerprint density at radius 2 is 1.73 bits per heavy atom. The molecule has 3 fully saturated rings. The molecule has 0 radical (unpaired) electrons. The molecule has 37 heavy (non-hydrogen) atoms. The van der Waals surface area contributed by atoms with E-state index in [-0.39, 0.29) is 11.6 Å². The number of hydrogen-bond acceptors (Lipinski definition) is 5. The molecule has 2 aromatic carbocycles. The van der Waals surface area contributed by atoms with Gasteiger partial charge < -0.3 is 14.5 Å². The van der Waals surface area contributed by atoms with Crippen molar-refractivity contribution in [3.8, 4) is 5.75 Å². The summed E-state index contributed by atoms with van der Waals surface area (Å²) in [6.07, 6.45) is 4.48. The lowest BCUT2D eigenvalue weighted by molar-refractivity contribution is 0.0643. The molecule has 5 rings (SSSR count). The van der Waals surface area contributed by atoms with Crippen molar-refractivity contribution in [1.82, 2.24) is 20.7 Å². The first-order chi connectivity index (χ1) is 18.0. The number of hydrogen-bond donors (Lipinski definition) is 2. The first kappa shape index (κ1) is 26.0. The number of methoxy groups -OCH3 is 1. The van der Waals surface area contributed by atoms with Gasteiger partial charge in [-0.25, -0.2) is 4.79 Å². The molecule has 200 valence electrons. The number of carbonyl (C=O) groups is 1. The molecule has 0 aromatic heterocycles. The van der Waals surface area contributed by atoms with Gasteiger partial charge >= 0.3 is 6.03 Å². The van der Waals surface area contributed by atoms with Crippen LogP contribution in [0.25, 0.3) is 0 Å². The number of piperidine rings is 1. The molecule has 0 saturated carbocycles. The van der Waals surface area contributed by atoms with Gasteiger partial charge in [0.2, 0.25) is 0 Å². The minimum absolute atomic E-state index is 0.119. The Hall–Kier alpha value is -2.61. The van der Waals surface area contributed by atoms with Gasteiger partial charge in [-0.05, 0) is 54.2 Å². The number of hydrazine groups is 1. The van der Waals surface area contributed by atoms with E-state index < -0.39 is 0 Å². The highest BCUT2D eigenvalue weighted by molar-refractivity contribution is 5.95. The van der Waals surface area contributed by atoms with Crippen molar-refractivity contribution in [1.29, 1.82) is 0 Å². The van der Waals surface area contributed by atoms with Crippen molar-refractivity contribution in [2.75, 3.05) is 51.3 Å². The Morgan fingerprint density at radius 3 is 2.38 bits per heavy atom. The lowest BCUT2D eigenvalue weighted by Gasteiger charge is -2.44. The molecule has 0 bridgehead atoms. The van der Waals surface area contributed by atoms with E-state index in [9.17, 15) is 4.79 Å². The molecule has 2 aromatic rings. The second kappa shape index (κ2) is 11.4. The van der Waals surface area contributed by atoms with Crippen LogP contribution in [0.5, 0.6) is 5.75 Å². The van der Waals surface area contributed by atoms with E-state index in [0.29, 0.717) is 12.5 Å². The number of likely N-dealkylation sites (tertiary alicyclic amines) is 1. The topological polar surface area (TPSA) is 60.1 Å². The third-order valence-electron chi connectivity index (χ3n) is 8.92. The molecule has 1 spiro atoms. The lowest BCUT2D eigenvalue weighted by Crippen LogP contribution is -2.54. The maximum atomic E-state index is 14.0. The fourth-order valence-electron chi connectivity index (χ4n) is 6.30. The molecule has 0 aliphatic carbocycles. The monoisotopic (exact) mass is 505 g/mol. The second-order valence-electron chi connectivity index (χ2n) is 11.1. The summed E-state index contributed by atoms with van der Waals surface area (Å²) in [6, 6.07) is 16.9. The Bertz CT molecular complexity index is 1040. The number of rotatable bonds is 9. The van der Waals surface area contributed by atoms with Crippen LogP contribution in [0.15, 0.2) is 48.5 Å². The van der Waals surface area contributed by atoms with Crippen LogP contribution in [-0.4, -0.2) is 67.7 Å². The number of nitrogens with zero attached hydrogens (tertiary/aromatic N) is 3. The van der Waals surface area contributed by atoms with Crippen molar-refractivity contribution < 1.29 is 9.53 Å². The smallest absolute Gasteiger partial charge is 0.325 e. The first-order valence-electron chi connectivity index (χ1n) is 14.1. The highest BCUT2D eigenvalue weighted by Crippen LogP contribution is 2.40. The van der Waals surface area contributed by atoms with Crippen LogP contribution in [0.4, 0.5) is 10.5 Å². The molecule has 3 saturated heterocycles. The van der Waals surface area contributed by atoms with E-state index in [1.807, 2.05) is 17.0 Å². The molecule has 0 unspecified atom stereocenters. The van der Waals surface area contributed by atoms with E-state index in [1.165, 1.54) is 24.9 Å². The third kappa shape index (κ3) is 5.49. The number of amides is 2. The van der Waals surface area contributed by atoms with E-state index in [4.69, 9.17) is 4.74 Å². The quantitative estimate of drug-likeness (QED) is 0.522. The molecule has 3 heterocycles. The highest BCUT2D eigenvalue weighted by atomic mass is 16.5. The van der Waals surface area contributed by atoms with E-state index in [0.717, 1.165) is 68.5 Å². The number of carbonyl (C=O) groups excluding carboxylic acids is 1. The summed E-state index contributed by atoms with van der Waals surface area (Å²) in [6.45, 7) is 11.1. The fraction of sp³-hybridized carbons (Fsp3) is 0.567. The first-order valence-corrected chi connectivity index (χ1v) is 14.1. The molecule has 7 nitrogen and oxygen atoms in total. The molecule has 2 N–H and O–H groups in total. The summed E-state index contributed by atoms with van der Waals surface area (Å²) in [4.78, 5) is 20.8. The maximum Gasteiger partial charge on any atom is 0.325 e. The van der Waals surface area contributed by atoms with Gasteiger partial charge in [-0.1, -0.05) is 51.0 Å². The lowest BCUT2D eigenvalue weighted by atomic mass is 9.85. The van der Waals surface area contributed by atoms with Crippen molar-refractivity contribution in [2.45, 2.75) is 57.5 Å². The summed E-state index contributed by atoms with van der Waals surface area (Å²) >= 11 is 0. The van der Waals surface area contributed by atoms with Crippen molar-refractivity contribution >= 4 is 11.7 Å². The zero-order valence-corrected chi connectivity index (χ0v) is 22.7. The average Bonchev–Trinajstić information content (AvgIpc) is 3.57. The highest BCUT2D eigenvalue weighted by Gasteiger charge is 2.51. The van der Waals surface area contributed by atoms with Gasteiger partial charge in [0.1, 0.15) is 5.75 Å². The van der Waals surface area contributed by atoms with E-state index in [1.54, 1.807) is 7.11 Å². The number of ether oxygens (including phenoxy) is 1. The van der Waals surface area contributed by atoms with Gasteiger partial charge in [-0.15, -0.1) is 0 Å². The van der Waals surface area contributed by atoms with Gasteiger partial charge in [0.15, 0.2) is 0 Å². The third-order valence-corrected chi connectivity index (χ3v) is 8.92. The van der Waals surface area contributed by atoms with Crippen LogP contribution in [0.3, 0.4) is 0 Å². The molecular formula is C30H43N5O2. The van der Waals surface area contributed by atoms with Crippen LogP contribution < -0.4 is 20.5 Å². The van der Waals surface area contributed by atoms with Gasteiger partial charge in [-0.2, -0.15) is 0 Å². The molecule has 3 aliphatic rings. The molecule has 7 heteroatoms. The van der Waals surface area contributed by atoms with Gasteiger partial charge in [0.05, 0.1) is 19.2 Å². The van der Waals surface area contributed by atoms with Crippen LogP contribution >= 0.6 is 0 Å². The zero-order valence-electron chi connectivity index (χ0n) is 22.7. The summed E-state index contributed by atoms with van der Waals surface area (Å²) in [5.74, 6) is 2.06. The normalized spacial score (nSPS) is 20.5. The van der Waals surface area contributed by atoms with Gasteiger partial charge in [0.25, 0.3) is 0 Å². The molecule has 2 amide bonds. The summed E-state index contributed by atoms with van der Waals surface area (Å²) in [5.41, 5.74) is 9.70. The van der Waals surface area contributed by atoms with Crippen LogP contribution in [0, 0.1) is 5.92 Å². The van der Waals surface area contributed by atoms with Gasteiger partial charge in [-0.3, -0.25) is 15.8 Å². The Kier molecular flexibility index (Phi) is 8.03. The number of anilines is 1. The Labute approximate surface area is 222 Å². The van der Waals surface area contributed by atoms with Crippen LogP contribution in [0.2, 0.25) is 0 Å². The number of urea groups is 1. The standard InChI is InChI=1S/C30H43N5O2/c1-4-23(5-2)20-33-15-13-30(14-16-33)22-34(27-11-9-25(10-12-27)26-18-31-32-19-26)29(36)35(30)21-24-7-6-8-28(17-24)37-3/h6-12,17,23,26,31-32H,4-5,13-16,18-22H2,1-3H3. The largest absolute Gasteiger partial charge is 0.497 e. The fourth-order valence-corrected chi connectivity index (χ4v) is 6.30. The Morgan fingerprint density at radius 1 is 1.03 bits per heavy atom. The maximum absolute atomic E-state index is 14.0. The Balaban J connectivity index is 1.37. The minimum atomic E-state index is -0.150. The van der Waals surface area contributed by atoms with Crippen molar-refractivity contribution in [3.05, 3.63) is 59.7 Å². The van der Waals surface area contributed by atoms with Gasteiger partial charge in [0, 0.05) is 50.9 Å². The predicted molar refractivity (Wildman–Crippen MR) is 149 cm³/mol. The average molecular weight is 506 g/mol. The van der Waals surface area contributed by atoms with Crippen LogP contribution in [-0.2, 0) is 6.54 Å². The summed E-state index contributed by atoms with van der Waals surface area (Å²) in [5, 5.41) is 0. The minimum Gasteiger partial charge on any atom is -0.497 e. The molecular weight excluding hydrogens is 462 g/mol. The SMILES string of the molecule is CCC(CC)CN1CCC2(CC1)CN(c1ccc(C3CNNC3)cc1)C(=O)N2Cc1cccc(OC)c1. The van der Waals surface area contributed by atoms with Crippen LogP contribution in [0.1, 0.15) is 56.6 Å². The van der Waals surface area contributed by atoms with Crippen molar-refractivity contribution in [2.24, 2.45) is 5.92 Å². The second-order valence-corrected chi connectivity index (χ2v) is 11.1. The summed E-state index contributed by atoms with van der Waals surface area (Å²) in [7, 11) is 1.69. The predicted octanol–water partition coefficient (Wildman–Crippen LogP) is 4.60. The number of benzene rings is 2. The zero-order chi connectivity index (χ0) is 25.8. The van der Waals surface area contributed by atoms with E-state index >= 15 is 0 Å². The number of nitrogens with one attached hydrogen (secondary N) is 2. The summed E-state index contributed by atoms with van der Waals surface area (Å²) < 4.78 is 5.47. The van der Waals surface area contributed by atoms with E-state index in [2.05, 4.69) is 70.9 Å².